The molecular weight excluding hydrogens is 336 g/mol. The van der Waals surface area contributed by atoms with Crippen molar-refractivity contribution >= 4 is 0 Å². The molecule has 0 spiro atoms. The van der Waals surface area contributed by atoms with Gasteiger partial charge in [-0.3, -0.25) is 0 Å². The second kappa shape index (κ2) is 10.8. The van der Waals surface area contributed by atoms with Gasteiger partial charge in [0.05, 0.1) is 0 Å². The minimum atomic E-state index is 0.993. The minimum Gasteiger partial charge on any atom is -0.0654 e. The monoisotopic (exact) mass is 362 g/mol. The summed E-state index contributed by atoms with van der Waals surface area (Å²) in [4.78, 5) is 0. The number of hydrogen-bond donors (Lipinski definition) is 0. The van der Waals surface area contributed by atoms with Gasteiger partial charge in [0, 0.05) is 11.1 Å². The summed E-state index contributed by atoms with van der Waals surface area (Å²) in [6, 6.07) is 27.0. The van der Waals surface area contributed by atoms with Crippen LogP contribution < -0.4 is 0 Å². The zero-order chi connectivity index (χ0) is 19.4. The molecule has 0 bridgehead atoms. The molecule has 0 heteroatoms. The lowest BCUT2D eigenvalue weighted by Gasteiger charge is -2.11. The van der Waals surface area contributed by atoms with Crippen LogP contribution >= 0.6 is 0 Å². The molecule has 28 heavy (non-hydrogen) atoms. The lowest BCUT2D eigenvalue weighted by molar-refractivity contribution is 0.666. The number of hydrogen-bond acceptors (Lipinski definition) is 0. The Morgan fingerprint density at radius 1 is 0.643 bits per heavy atom. The summed E-state index contributed by atoms with van der Waals surface area (Å²) in [5.74, 6) is 12.6. The summed E-state index contributed by atoms with van der Waals surface area (Å²) >= 11 is 0. The molecule has 0 saturated heterocycles. The Labute approximate surface area is 169 Å². The molecule has 0 heterocycles. The van der Waals surface area contributed by atoms with Gasteiger partial charge in [-0.2, -0.15) is 0 Å². The molecule has 0 aliphatic rings. The van der Waals surface area contributed by atoms with Gasteiger partial charge in [0.15, 0.2) is 0 Å². The Kier molecular flexibility index (Phi) is 7.55. The molecule has 0 fully saturated rings. The van der Waals surface area contributed by atoms with E-state index in [0.717, 1.165) is 17.5 Å². The van der Waals surface area contributed by atoms with Crippen LogP contribution in [0.1, 0.15) is 49.3 Å². The largest absolute Gasteiger partial charge is 0.0654 e. The van der Waals surface area contributed by atoms with E-state index in [0.29, 0.717) is 0 Å². The Morgan fingerprint density at radius 2 is 1.36 bits per heavy atom. The van der Waals surface area contributed by atoms with Gasteiger partial charge in [0.1, 0.15) is 0 Å². The van der Waals surface area contributed by atoms with E-state index in [1.165, 1.54) is 42.4 Å². The van der Waals surface area contributed by atoms with E-state index in [-0.39, 0.29) is 0 Å². The maximum atomic E-state index is 3.37. The number of rotatable bonds is 6. The van der Waals surface area contributed by atoms with Gasteiger partial charge in [-0.05, 0) is 53.5 Å². The molecule has 0 aromatic heterocycles. The highest BCUT2D eigenvalue weighted by molar-refractivity contribution is 5.73. The zero-order valence-corrected chi connectivity index (χ0v) is 16.5. The first-order chi connectivity index (χ1) is 13.9. The van der Waals surface area contributed by atoms with Crippen LogP contribution in [0.15, 0.2) is 78.9 Å². The predicted octanol–water partition coefficient (Wildman–Crippen LogP) is 6.88. The zero-order valence-electron chi connectivity index (χ0n) is 16.5. The van der Waals surface area contributed by atoms with Crippen LogP contribution in [0.4, 0.5) is 0 Å². The van der Waals surface area contributed by atoms with E-state index in [4.69, 9.17) is 0 Å². The Bertz CT molecular complexity index is 990. The fourth-order valence-corrected chi connectivity index (χ4v) is 3.28. The van der Waals surface area contributed by atoms with E-state index in [1.54, 1.807) is 0 Å². The third-order valence-corrected chi connectivity index (χ3v) is 4.77. The van der Waals surface area contributed by atoms with Gasteiger partial charge < -0.3 is 0 Å². The summed E-state index contributed by atoms with van der Waals surface area (Å²) in [5, 5.41) is 0. The second-order valence-electron chi connectivity index (χ2n) is 6.88. The highest BCUT2D eigenvalue weighted by atomic mass is 14.1. The third kappa shape index (κ3) is 5.64. The highest BCUT2D eigenvalue weighted by Crippen LogP contribution is 2.26. The molecule has 0 N–H and O–H groups in total. The summed E-state index contributed by atoms with van der Waals surface area (Å²) in [6.45, 7) is 2.25. The van der Waals surface area contributed by atoms with Crippen LogP contribution in [0, 0.1) is 23.7 Å². The predicted molar refractivity (Wildman–Crippen MR) is 120 cm³/mol. The van der Waals surface area contributed by atoms with Crippen molar-refractivity contribution in [2.75, 3.05) is 0 Å². The number of aryl methyl sites for hydroxylation is 1. The fraction of sp³-hybridized carbons (Fsp3) is 0.214. The van der Waals surface area contributed by atoms with Crippen molar-refractivity contribution in [1.82, 2.24) is 0 Å². The quantitative estimate of drug-likeness (QED) is 0.331. The SMILES string of the molecule is CCCCCCc1cccc(-c2ccccc2)c1C#CC#Cc1ccccc1. The maximum Gasteiger partial charge on any atom is 0.0366 e. The molecule has 0 saturated carbocycles. The normalized spacial score (nSPS) is 9.75. The Balaban J connectivity index is 1.92. The van der Waals surface area contributed by atoms with E-state index in [2.05, 4.69) is 79.1 Å². The molecule has 0 aliphatic carbocycles. The average Bonchev–Trinajstić information content (AvgIpc) is 2.76. The lowest BCUT2D eigenvalue weighted by Crippen LogP contribution is -1.94. The van der Waals surface area contributed by atoms with Gasteiger partial charge >= 0.3 is 0 Å². The Hall–Kier alpha value is -3.22. The standard InChI is InChI=1S/C28H26/c1-2-3-4-9-18-26-21-14-23-28(25-19-10-6-11-20-25)27(26)22-13-12-17-24-15-7-5-8-16-24/h5-8,10-11,14-16,19-21,23H,2-4,9,18H2,1H3. The van der Waals surface area contributed by atoms with E-state index in [1.807, 2.05) is 30.3 Å². The van der Waals surface area contributed by atoms with Gasteiger partial charge in [-0.25, -0.2) is 0 Å². The maximum absolute atomic E-state index is 3.37. The van der Waals surface area contributed by atoms with Crippen molar-refractivity contribution in [3.8, 4) is 34.8 Å². The first kappa shape index (κ1) is 19.5. The van der Waals surface area contributed by atoms with Crippen LogP contribution in [0.5, 0.6) is 0 Å². The lowest BCUT2D eigenvalue weighted by atomic mass is 9.93. The van der Waals surface area contributed by atoms with Crippen LogP contribution in [0.25, 0.3) is 11.1 Å². The summed E-state index contributed by atoms with van der Waals surface area (Å²) in [7, 11) is 0. The number of benzene rings is 3. The van der Waals surface area contributed by atoms with Crippen LogP contribution in [0.2, 0.25) is 0 Å². The summed E-state index contributed by atoms with van der Waals surface area (Å²) < 4.78 is 0. The second-order valence-corrected chi connectivity index (χ2v) is 6.88. The molecular formula is C28H26. The highest BCUT2D eigenvalue weighted by Gasteiger charge is 2.08. The van der Waals surface area contributed by atoms with Crippen LogP contribution in [0.3, 0.4) is 0 Å². The van der Waals surface area contributed by atoms with Crippen molar-refractivity contribution in [2.45, 2.75) is 39.0 Å². The topological polar surface area (TPSA) is 0 Å². The van der Waals surface area contributed by atoms with Gasteiger partial charge in [0.25, 0.3) is 0 Å². The van der Waals surface area contributed by atoms with Crippen molar-refractivity contribution in [3.63, 3.8) is 0 Å². The molecule has 0 nitrogen and oxygen atoms in total. The molecule has 0 unspecified atom stereocenters. The van der Waals surface area contributed by atoms with Crippen LogP contribution in [-0.4, -0.2) is 0 Å². The summed E-state index contributed by atoms with van der Waals surface area (Å²) in [6.07, 6.45) is 6.09. The van der Waals surface area contributed by atoms with Crippen molar-refractivity contribution in [1.29, 1.82) is 0 Å². The number of unbranched alkanes of at least 4 members (excludes halogenated alkanes) is 3. The van der Waals surface area contributed by atoms with Gasteiger partial charge in [-0.1, -0.05) is 105 Å². The van der Waals surface area contributed by atoms with Gasteiger partial charge in [-0.15, -0.1) is 0 Å². The van der Waals surface area contributed by atoms with Crippen LogP contribution in [-0.2, 0) is 6.42 Å². The molecule has 138 valence electrons. The molecule has 3 aromatic carbocycles. The Morgan fingerprint density at radius 3 is 2.11 bits per heavy atom. The molecule has 0 amide bonds. The van der Waals surface area contributed by atoms with E-state index >= 15 is 0 Å². The minimum absolute atomic E-state index is 0.993. The van der Waals surface area contributed by atoms with E-state index in [9.17, 15) is 0 Å². The molecule has 0 radical (unpaired) electrons. The van der Waals surface area contributed by atoms with Crippen molar-refractivity contribution < 1.29 is 0 Å². The van der Waals surface area contributed by atoms with Gasteiger partial charge in [0.2, 0.25) is 0 Å². The molecule has 3 aromatic rings. The fourth-order valence-electron chi connectivity index (χ4n) is 3.28. The van der Waals surface area contributed by atoms with Crippen molar-refractivity contribution in [3.05, 3.63) is 95.6 Å². The first-order valence-corrected chi connectivity index (χ1v) is 10.1. The smallest absolute Gasteiger partial charge is 0.0366 e. The summed E-state index contributed by atoms with van der Waals surface area (Å²) in [5.41, 5.74) is 5.84. The third-order valence-electron chi connectivity index (χ3n) is 4.77. The molecule has 0 aliphatic heterocycles. The van der Waals surface area contributed by atoms with Crippen molar-refractivity contribution in [2.24, 2.45) is 0 Å². The molecule has 3 rings (SSSR count). The van der Waals surface area contributed by atoms with E-state index < -0.39 is 0 Å². The average molecular weight is 363 g/mol. The first-order valence-electron chi connectivity index (χ1n) is 10.1. The molecule has 0 atom stereocenters.